The summed E-state index contributed by atoms with van der Waals surface area (Å²) in [6, 6.07) is 0. The molecule has 0 radical (unpaired) electrons. The molecule has 0 aliphatic carbocycles. The Labute approximate surface area is 88.1 Å². The number of imidazole rings is 1. The maximum Gasteiger partial charge on any atom is 0.354 e. The minimum absolute atomic E-state index is 0.161. The van der Waals surface area contributed by atoms with E-state index in [-0.39, 0.29) is 5.69 Å². The van der Waals surface area contributed by atoms with Crippen LogP contribution in [0.25, 0.3) is 0 Å². The number of hydrogen-bond donors (Lipinski definition) is 2. The number of H-pyrrole nitrogens is 1. The highest BCUT2D eigenvalue weighted by molar-refractivity contribution is 5.85. The number of nitrogens with one attached hydrogen (secondary N) is 1. The Kier molecular flexibility index (Phi) is 2.89. The molecule has 0 saturated carbocycles. The first-order valence-corrected chi connectivity index (χ1v) is 5.30. The summed E-state index contributed by atoms with van der Waals surface area (Å²) in [6.45, 7) is 1.93. The summed E-state index contributed by atoms with van der Waals surface area (Å²) < 4.78 is 0. The van der Waals surface area contributed by atoms with Gasteiger partial charge in [0.05, 0.1) is 6.20 Å². The molecular weight excluding hydrogens is 194 g/mol. The molecule has 1 aliphatic heterocycles. The van der Waals surface area contributed by atoms with E-state index in [9.17, 15) is 4.79 Å². The number of anilines is 1. The van der Waals surface area contributed by atoms with E-state index in [1.165, 1.54) is 19.0 Å². The van der Waals surface area contributed by atoms with Gasteiger partial charge < -0.3 is 15.0 Å². The zero-order valence-electron chi connectivity index (χ0n) is 8.57. The Morgan fingerprint density at radius 1 is 1.33 bits per heavy atom. The van der Waals surface area contributed by atoms with Crippen molar-refractivity contribution in [2.45, 2.75) is 25.7 Å². The van der Waals surface area contributed by atoms with Crippen LogP contribution >= 0.6 is 0 Å². The van der Waals surface area contributed by atoms with Gasteiger partial charge in [-0.2, -0.15) is 0 Å². The predicted octanol–water partition coefficient (Wildman–Crippen LogP) is 1.49. The Morgan fingerprint density at radius 2 is 2.00 bits per heavy atom. The van der Waals surface area contributed by atoms with Gasteiger partial charge in [0.1, 0.15) is 5.69 Å². The number of aromatic carboxylic acids is 1. The second-order valence-electron chi connectivity index (χ2n) is 3.83. The van der Waals surface area contributed by atoms with Gasteiger partial charge in [-0.1, -0.05) is 12.8 Å². The zero-order valence-corrected chi connectivity index (χ0v) is 8.57. The maximum absolute atomic E-state index is 10.7. The van der Waals surface area contributed by atoms with Gasteiger partial charge in [-0.3, -0.25) is 0 Å². The molecule has 1 saturated heterocycles. The monoisotopic (exact) mass is 209 g/mol. The van der Waals surface area contributed by atoms with Gasteiger partial charge in [0, 0.05) is 13.1 Å². The summed E-state index contributed by atoms with van der Waals surface area (Å²) in [7, 11) is 0. The smallest absolute Gasteiger partial charge is 0.354 e. The molecule has 0 amide bonds. The third kappa shape index (κ3) is 2.29. The van der Waals surface area contributed by atoms with Crippen LogP contribution in [-0.4, -0.2) is 34.1 Å². The Bertz CT molecular complexity index is 340. The van der Waals surface area contributed by atoms with Gasteiger partial charge in [0.2, 0.25) is 5.95 Å². The van der Waals surface area contributed by atoms with Crippen LogP contribution in [0.15, 0.2) is 6.20 Å². The second-order valence-corrected chi connectivity index (χ2v) is 3.83. The molecule has 1 fully saturated rings. The molecule has 1 aliphatic rings. The lowest BCUT2D eigenvalue weighted by molar-refractivity contribution is 0.0691. The van der Waals surface area contributed by atoms with Crippen LogP contribution in [0.1, 0.15) is 36.2 Å². The van der Waals surface area contributed by atoms with E-state index < -0.39 is 5.97 Å². The molecule has 1 aromatic rings. The number of carboxylic acid groups (broad SMARTS) is 1. The van der Waals surface area contributed by atoms with Crippen LogP contribution in [0.3, 0.4) is 0 Å². The lowest BCUT2D eigenvalue weighted by atomic mass is 10.2. The Balaban J connectivity index is 2.10. The summed E-state index contributed by atoms with van der Waals surface area (Å²) in [4.78, 5) is 19.7. The first-order valence-electron chi connectivity index (χ1n) is 5.30. The first kappa shape index (κ1) is 10.0. The van der Waals surface area contributed by atoms with E-state index >= 15 is 0 Å². The van der Waals surface area contributed by atoms with Crippen molar-refractivity contribution in [2.75, 3.05) is 18.0 Å². The van der Waals surface area contributed by atoms with Crippen LogP contribution in [0.2, 0.25) is 0 Å². The SMILES string of the molecule is O=C(O)c1cnc(N2CCCCCC2)[nH]1. The van der Waals surface area contributed by atoms with E-state index in [0.717, 1.165) is 25.9 Å². The standard InChI is InChI=1S/C10H15N3O2/c14-9(15)8-7-11-10(12-8)13-5-3-1-2-4-6-13/h7H,1-6H2,(H,11,12)(H,14,15). The van der Waals surface area contributed by atoms with Crippen LogP contribution in [0.5, 0.6) is 0 Å². The molecule has 1 aromatic heterocycles. The number of aromatic nitrogens is 2. The van der Waals surface area contributed by atoms with E-state index in [0.29, 0.717) is 5.95 Å². The van der Waals surface area contributed by atoms with Gasteiger partial charge in [-0.15, -0.1) is 0 Å². The lowest BCUT2D eigenvalue weighted by Crippen LogP contribution is -2.25. The van der Waals surface area contributed by atoms with Crippen molar-refractivity contribution >= 4 is 11.9 Å². The van der Waals surface area contributed by atoms with Gasteiger partial charge in [-0.05, 0) is 12.8 Å². The van der Waals surface area contributed by atoms with Crippen molar-refractivity contribution in [3.8, 4) is 0 Å². The highest BCUT2D eigenvalue weighted by Crippen LogP contribution is 2.15. The predicted molar refractivity (Wildman–Crippen MR) is 56.2 cm³/mol. The Morgan fingerprint density at radius 3 is 2.53 bits per heavy atom. The third-order valence-corrected chi connectivity index (χ3v) is 2.70. The largest absolute Gasteiger partial charge is 0.477 e. The molecule has 0 unspecified atom stereocenters. The van der Waals surface area contributed by atoms with E-state index in [4.69, 9.17) is 5.11 Å². The molecule has 15 heavy (non-hydrogen) atoms. The third-order valence-electron chi connectivity index (χ3n) is 2.70. The number of carboxylic acids is 1. The van der Waals surface area contributed by atoms with Gasteiger partial charge in [-0.25, -0.2) is 9.78 Å². The molecule has 0 bridgehead atoms. The molecule has 82 valence electrons. The minimum atomic E-state index is -0.955. The minimum Gasteiger partial charge on any atom is -0.477 e. The summed E-state index contributed by atoms with van der Waals surface area (Å²) in [5, 5.41) is 8.76. The number of hydrogen-bond acceptors (Lipinski definition) is 3. The quantitative estimate of drug-likeness (QED) is 0.774. The van der Waals surface area contributed by atoms with Crippen molar-refractivity contribution in [1.29, 1.82) is 0 Å². The fraction of sp³-hybridized carbons (Fsp3) is 0.600. The first-order chi connectivity index (χ1) is 7.27. The second kappa shape index (κ2) is 4.33. The zero-order chi connectivity index (χ0) is 10.7. The molecule has 2 rings (SSSR count). The highest BCUT2D eigenvalue weighted by atomic mass is 16.4. The molecule has 0 aromatic carbocycles. The highest BCUT2D eigenvalue weighted by Gasteiger charge is 2.14. The molecule has 5 nitrogen and oxygen atoms in total. The molecule has 2 N–H and O–H groups in total. The average Bonchev–Trinajstić information content (AvgIpc) is 2.55. The number of rotatable bonds is 2. The van der Waals surface area contributed by atoms with E-state index in [1.807, 2.05) is 0 Å². The normalized spacial score (nSPS) is 17.5. The summed E-state index contributed by atoms with van der Waals surface area (Å²) >= 11 is 0. The molecule has 5 heteroatoms. The van der Waals surface area contributed by atoms with E-state index in [2.05, 4.69) is 14.9 Å². The van der Waals surface area contributed by atoms with Gasteiger partial charge in [0.25, 0.3) is 0 Å². The van der Waals surface area contributed by atoms with Crippen molar-refractivity contribution in [2.24, 2.45) is 0 Å². The summed E-state index contributed by atoms with van der Waals surface area (Å²) in [5.41, 5.74) is 0.161. The molecule has 2 heterocycles. The van der Waals surface area contributed by atoms with Crippen molar-refractivity contribution < 1.29 is 9.90 Å². The summed E-state index contributed by atoms with van der Waals surface area (Å²) in [6.07, 6.45) is 6.20. The number of aromatic amines is 1. The number of nitrogens with zero attached hydrogens (tertiary/aromatic N) is 2. The maximum atomic E-state index is 10.7. The molecule has 0 spiro atoms. The van der Waals surface area contributed by atoms with E-state index in [1.54, 1.807) is 0 Å². The van der Waals surface area contributed by atoms with Crippen molar-refractivity contribution in [1.82, 2.24) is 9.97 Å². The lowest BCUT2D eigenvalue weighted by Gasteiger charge is -2.18. The number of carbonyl (C=O) groups is 1. The Hall–Kier alpha value is -1.52. The van der Waals surface area contributed by atoms with Crippen LogP contribution in [-0.2, 0) is 0 Å². The van der Waals surface area contributed by atoms with Gasteiger partial charge in [0.15, 0.2) is 0 Å². The van der Waals surface area contributed by atoms with Gasteiger partial charge >= 0.3 is 5.97 Å². The van der Waals surface area contributed by atoms with Crippen LogP contribution in [0.4, 0.5) is 5.95 Å². The van der Waals surface area contributed by atoms with Crippen LogP contribution < -0.4 is 4.90 Å². The van der Waals surface area contributed by atoms with Crippen LogP contribution in [0, 0.1) is 0 Å². The topological polar surface area (TPSA) is 69.2 Å². The fourth-order valence-corrected chi connectivity index (χ4v) is 1.86. The fourth-order valence-electron chi connectivity index (χ4n) is 1.86. The van der Waals surface area contributed by atoms with Crippen molar-refractivity contribution in [3.63, 3.8) is 0 Å². The molecule has 0 atom stereocenters. The van der Waals surface area contributed by atoms with Crippen molar-refractivity contribution in [3.05, 3.63) is 11.9 Å². The summed E-state index contributed by atoms with van der Waals surface area (Å²) in [5.74, 6) is -0.266. The molecular formula is C10H15N3O2. The average molecular weight is 209 g/mol.